The van der Waals surface area contributed by atoms with Gasteiger partial charge in [0.05, 0.1) is 19.8 Å². The summed E-state index contributed by atoms with van der Waals surface area (Å²) in [6, 6.07) is 5.29. The van der Waals surface area contributed by atoms with Crippen LogP contribution in [0.1, 0.15) is 23.7 Å². The summed E-state index contributed by atoms with van der Waals surface area (Å²) >= 11 is 0. The van der Waals surface area contributed by atoms with Crippen LogP contribution in [-0.4, -0.2) is 20.0 Å². The number of Topliss-reactive ketones (excluding diaryl/α,β-unsaturated/α-hetero) is 1. The van der Waals surface area contributed by atoms with E-state index >= 15 is 0 Å². The molecular weight excluding hydrogens is 216 g/mol. The lowest BCUT2D eigenvalue weighted by molar-refractivity contribution is 0.0984. The minimum Gasteiger partial charge on any atom is -0.493 e. The summed E-state index contributed by atoms with van der Waals surface area (Å²) in [6.45, 7) is 1.82. The lowest BCUT2D eigenvalue weighted by Gasteiger charge is -2.10. The lowest BCUT2D eigenvalue weighted by atomic mass is 10.1. The van der Waals surface area contributed by atoms with E-state index in [9.17, 15) is 4.79 Å². The third kappa shape index (κ3) is 2.86. The first-order valence-corrected chi connectivity index (χ1v) is 4.48. The van der Waals surface area contributed by atoms with Gasteiger partial charge in [-0.3, -0.25) is 4.79 Å². The molecular formula is C11H15ClO3. The van der Waals surface area contributed by atoms with Crippen molar-refractivity contribution in [1.82, 2.24) is 0 Å². The first kappa shape index (κ1) is 13.8. The van der Waals surface area contributed by atoms with Crippen LogP contribution < -0.4 is 9.47 Å². The van der Waals surface area contributed by atoms with Crippen molar-refractivity contribution in [2.24, 2.45) is 0 Å². The van der Waals surface area contributed by atoms with Gasteiger partial charge < -0.3 is 9.47 Å². The number of hydrogen-bond donors (Lipinski definition) is 0. The monoisotopic (exact) mass is 230 g/mol. The smallest absolute Gasteiger partial charge is 0.171 e. The molecule has 0 saturated carbocycles. The molecule has 0 saturated heterocycles. The number of para-hydroxylation sites is 1. The molecule has 4 heteroatoms. The Morgan fingerprint density at radius 2 is 1.93 bits per heavy atom. The predicted octanol–water partition coefficient (Wildman–Crippen LogP) is 2.72. The summed E-state index contributed by atoms with van der Waals surface area (Å²) in [6.07, 6.45) is 0.462. The molecule has 0 aliphatic rings. The topological polar surface area (TPSA) is 35.5 Å². The second-order valence-corrected chi connectivity index (χ2v) is 2.82. The Balaban J connectivity index is 0.00000196. The first-order valence-electron chi connectivity index (χ1n) is 4.48. The molecule has 0 spiro atoms. The predicted molar refractivity (Wildman–Crippen MR) is 61.4 cm³/mol. The molecule has 1 aromatic carbocycles. The van der Waals surface area contributed by atoms with E-state index in [1.54, 1.807) is 25.3 Å². The van der Waals surface area contributed by atoms with Crippen LogP contribution >= 0.6 is 12.4 Å². The molecule has 1 aromatic rings. The van der Waals surface area contributed by atoms with Crippen molar-refractivity contribution in [3.05, 3.63) is 23.8 Å². The summed E-state index contributed by atoms with van der Waals surface area (Å²) < 4.78 is 10.2. The van der Waals surface area contributed by atoms with Gasteiger partial charge >= 0.3 is 0 Å². The van der Waals surface area contributed by atoms with Crippen molar-refractivity contribution in [1.29, 1.82) is 0 Å². The van der Waals surface area contributed by atoms with Crippen LogP contribution in [0.2, 0.25) is 0 Å². The van der Waals surface area contributed by atoms with Crippen LogP contribution in [0.4, 0.5) is 0 Å². The van der Waals surface area contributed by atoms with Gasteiger partial charge in [0.2, 0.25) is 0 Å². The van der Waals surface area contributed by atoms with Crippen LogP contribution in [0.15, 0.2) is 18.2 Å². The third-order valence-corrected chi connectivity index (χ3v) is 2.02. The Bertz CT molecular complexity index is 337. The number of halogens is 1. The number of ether oxygens (including phenoxy) is 2. The van der Waals surface area contributed by atoms with Crippen molar-refractivity contribution in [3.8, 4) is 11.5 Å². The van der Waals surface area contributed by atoms with E-state index in [-0.39, 0.29) is 18.2 Å². The maximum absolute atomic E-state index is 11.5. The van der Waals surface area contributed by atoms with E-state index in [2.05, 4.69) is 0 Å². The molecule has 1 rings (SSSR count). The molecule has 0 aliphatic heterocycles. The van der Waals surface area contributed by atoms with E-state index in [1.165, 1.54) is 7.11 Å². The van der Waals surface area contributed by atoms with Gasteiger partial charge in [-0.05, 0) is 12.1 Å². The number of benzene rings is 1. The number of carbonyl (C=O) groups is 1. The van der Waals surface area contributed by atoms with Crippen LogP contribution in [0.5, 0.6) is 11.5 Å². The standard InChI is InChI=1S/C11H14O3.ClH/c1-4-9(12)8-6-5-7-10(13-2)11(8)14-3;/h5-7H,4H2,1-3H3;1H. The number of carbonyl (C=O) groups excluding carboxylic acids is 1. The lowest BCUT2D eigenvalue weighted by Crippen LogP contribution is -2.02. The fourth-order valence-corrected chi connectivity index (χ4v) is 1.30. The highest BCUT2D eigenvalue weighted by Gasteiger charge is 2.14. The molecule has 0 bridgehead atoms. The van der Waals surface area contributed by atoms with Crippen molar-refractivity contribution in [3.63, 3.8) is 0 Å². The minimum atomic E-state index is 0. The highest BCUT2D eigenvalue weighted by atomic mass is 35.5. The highest BCUT2D eigenvalue weighted by molar-refractivity contribution is 5.99. The van der Waals surface area contributed by atoms with Crippen LogP contribution in [0.3, 0.4) is 0 Å². The molecule has 0 N–H and O–H groups in total. The van der Waals surface area contributed by atoms with Crippen molar-refractivity contribution < 1.29 is 14.3 Å². The Labute approximate surface area is 95.8 Å². The van der Waals surface area contributed by atoms with Gasteiger partial charge in [0, 0.05) is 6.42 Å². The van der Waals surface area contributed by atoms with Gasteiger partial charge in [-0.15, -0.1) is 12.4 Å². The Hall–Kier alpha value is -1.22. The van der Waals surface area contributed by atoms with Crippen molar-refractivity contribution in [2.45, 2.75) is 13.3 Å². The SMILES string of the molecule is CCC(=O)c1cccc(OC)c1OC.Cl. The average molecular weight is 231 g/mol. The van der Waals surface area contributed by atoms with E-state index in [1.807, 2.05) is 6.92 Å². The molecule has 0 heterocycles. The van der Waals surface area contributed by atoms with Crippen molar-refractivity contribution in [2.75, 3.05) is 14.2 Å². The fourth-order valence-electron chi connectivity index (χ4n) is 1.30. The number of rotatable bonds is 4. The largest absolute Gasteiger partial charge is 0.493 e. The van der Waals surface area contributed by atoms with E-state index in [0.717, 1.165) is 0 Å². The summed E-state index contributed by atoms with van der Waals surface area (Å²) in [4.78, 5) is 11.5. The zero-order valence-electron chi connectivity index (χ0n) is 9.07. The zero-order valence-corrected chi connectivity index (χ0v) is 9.89. The van der Waals surface area contributed by atoms with Gasteiger partial charge in [-0.25, -0.2) is 0 Å². The van der Waals surface area contributed by atoms with Gasteiger partial charge in [0.15, 0.2) is 17.3 Å². The summed E-state index contributed by atoms with van der Waals surface area (Å²) in [5.41, 5.74) is 0.578. The van der Waals surface area contributed by atoms with E-state index < -0.39 is 0 Å². The molecule has 0 radical (unpaired) electrons. The summed E-state index contributed by atoms with van der Waals surface area (Å²) in [7, 11) is 3.09. The van der Waals surface area contributed by atoms with Gasteiger partial charge in [0.25, 0.3) is 0 Å². The molecule has 0 aliphatic carbocycles. The first-order chi connectivity index (χ1) is 6.74. The molecule has 84 valence electrons. The highest BCUT2D eigenvalue weighted by Crippen LogP contribution is 2.31. The normalized spacial score (nSPS) is 9.00. The average Bonchev–Trinajstić information content (AvgIpc) is 2.26. The molecule has 15 heavy (non-hydrogen) atoms. The summed E-state index contributed by atoms with van der Waals surface area (Å²) in [5, 5.41) is 0. The zero-order chi connectivity index (χ0) is 10.6. The minimum absolute atomic E-state index is 0. The molecule has 0 fully saturated rings. The van der Waals surface area contributed by atoms with E-state index in [4.69, 9.17) is 9.47 Å². The van der Waals surface area contributed by atoms with E-state index in [0.29, 0.717) is 23.5 Å². The quantitative estimate of drug-likeness (QED) is 0.747. The fraction of sp³-hybridized carbons (Fsp3) is 0.364. The molecule has 3 nitrogen and oxygen atoms in total. The van der Waals surface area contributed by atoms with Crippen LogP contribution in [0.25, 0.3) is 0 Å². The Kier molecular flexibility index (Phi) is 5.79. The second-order valence-electron chi connectivity index (χ2n) is 2.82. The second kappa shape index (κ2) is 6.30. The van der Waals surface area contributed by atoms with Gasteiger partial charge in [-0.1, -0.05) is 13.0 Å². The number of hydrogen-bond acceptors (Lipinski definition) is 3. The van der Waals surface area contributed by atoms with Gasteiger partial charge in [0.1, 0.15) is 0 Å². The molecule has 0 unspecified atom stereocenters. The van der Waals surface area contributed by atoms with Crippen LogP contribution in [-0.2, 0) is 0 Å². The maximum Gasteiger partial charge on any atom is 0.171 e. The molecule has 0 amide bonds. The Morgan fingerprint density at radius 3 is 2.40 bits per heavy atom. The maximum atomic E-state index is 11.5. The third-order valence-electron chi connectivity index (χ3n) is 2.02. The molecule has 0 atom stereocenters. The Morgan fingerprint density at radius 1 is 1.27 bits per heavy atom. The summed E-state index contributed by atoms with van der Waals surface area (Å²) in [5.74, 6) is 1.16. The van der Waals surface area contributed by atoms with Crippen molar-refractivity contribution >= 4 is 18.2 Å². The molecule has 0 aromatic heterocycles. The van der Waals surface area contributed by atoms with Crippen LogP contribution in [0, 0.1) is 0 Å². The van der Waals surface area contributed by atoms with Gasteiger partial charge in [-0.2, -0.15) is 0 Å². The number of methoxy groups -OCH3 is 2. The number of ketones is 1.